The van der Waals surface area contributed by atoms with E-state index in [1.807, 2.05) is 36.4 Å². The minimum atomic E-state index is -0.597. The third-order valence-corrected chi connectivity index (χ3v) is 3.53. The highest BCUT2D eigenvalue weighted by atomic mass is 35.5. The van der Waals surface area contributed by atoms with Crippen LogP contribution >= 0.6 is 11.6 Å². The standard InChI is InChI=1S/C16H18ClNO/c1-12(13-7-3-2-4-8-13)18-11-16(19)14-9-5-6-10-15(14)17/h2-10,12,16,18-19H,11H2,1H3/t12-,16?/m1/s1. The van der Waals surface area contributed by atoms with Crippen LogP contribution in [0.4, 0.5) is 0 Å². The molecule has 2 rings (SSSR count). The normalized spacial score (nSPS) is 14.1. The number of nitrogens with one attached hydrogen (secondary N) is 1. The zero-order valence-corrected chi connectivity index (χ0v) is 11.6. The van der Waals surface area contributed by atoms with Crippen molar-refractivity contribution in [2.45, 2.75) is 19.1 Å². The minimum absolute atomic E-state index is 0.193. The molecule has 2 atom stereocenters. The molecule has 0 heterocycles. The molecule has 0 saturated heterocycles. The lowest BCUT2D eigenvalue weighted by Gasteiger charge is -2.18. The van der Waals surface area contributed by atoms with E-state index in [0.717, 1.165) is 5.56 Å². The molecule has 2 aromatic carbocycles. The molecule has 100 valence electrons. The SMILES string of the molecule is C[C@@H](NCC(O)c1ccccc1Cl)c1ccccc1. The van der Waals surface area contributed by atoms with E-state index in [0.29, 0.717) is 11.6 Å². The topological polar surface area (TPSA) is 32.3 Å². The van der Waals surface area contributed by atoms with Crippen molar-refractivity contribution in [3.05, 3.63) is 70.7 Å². The average Bonchev–Trinajstić information content (AvgIpc) is 2.46. The highest BCUT2D eigenvalue weighted by Gasteiger charge is 2.12. The fourth-order valence-electron chi connectivity index (χ4n) is 2.00. The predicted molar refractivity (Wildman–Crippen MR) is 79.3 cm³/mol. The van der Waals surface area contributed by atoms with Gasteiger partial charge in [0.2, 0.25) is 0 Å². The van der Waals surface area contributed by atoms with Crippen molar-refractivity contribution >= 4 is 11.6 Å². The molecule has 2 aromatic rings. The molecule has 3 heteroatoms. The van der Waals surface area contributed by atoms with E-state index in [1.54, 1.807) is 6.07 Å². The highest BCUT2D eigenvalue weighted by molar-refractivity contribution is 6.31. The largest absolute Gasteiger partial charge is 0.387 e. The molecule has 0 amide bonds. The van der Waals surface area contributed by atoms with E-state index in [2.05, 4.69) is 24.4 Å². The molecule has 0 spiro atoms. The summed E-state index contributed by atoms with van der Waals surface area (Å²) in [5, 5.41) is 14.1. The van der Waals surface area contributed by atoms with Gasteiger partial charge < -0.3 is 10.4 Å². The van der Waals surface area contributed by atoms with Crippen molar-refractivity contribution < 1.29 is 5.11 Å². The number of aliphatic hydroxyl groups excluding tert-OH is 1. The van der Waals surface area contributed by atoms with Crippen LogP contribution in [0.25, 0.3) is 0 Å². The summed E-state index contributed by atoms with van der Waals surface area (Å²) >= 11 is 6.06. The van der Waals surface area contributed by atoms with Crippen LogP contribution in [0, 0.1) is 0 Å². The molecule has 0 radical (unpaired) electrons. The molecule has 2 N–H and O–H groups in total. The third kappa shape index (κ3) is 3.80. The quantitative estimate of drug-likeness (QED) is 0.872. The Kier molecular flexibility index (Phi) is 4.97. The summed E-state index contributed by atoms with van der Waals surface area (Å²) in [5.41, 5.74) is 1.96. The van der Waals surface area contributed by atoms with Gasteiger partial charge in [0.25, 0.3) is 0 Å². The zero-order valence-electron chi connectivity index (χ0n) is 10.9. The van der Waals surface area contributed by atoms with Crippen molar-refractivity contribution in [1.29, 1.82) is 0 Å². The Labute approximate surface area is 119 Å². The lowest BCUT2D eigenvalue weighted by atomic mass is 10.1. The van der Waals surface area contributed by atoms with Crippen LogP contribution in [0.15, 0.2) is 54.6 Å². The Bertz CT molecular complexity index is 515. The van der Waals surface area contributed by atoms with Gasteiger partial charge >= 0.3 is 0 Å². The summed E-state index contributed by atoms with van der Waals surface area (Å²) in [4.78, 5) is 0. The zero-order chi connectivity index (χ0) is 13.7. The second-order valence-corrected chi connectivity index (χ2v) is 4.99. The van der Waals surface area contributed by atoms with Crippen LogP contribution in [0.1, 0.15) is 30.2 Å². The van der Waals surface area contributed by atoms with Crippen molar-refractivity contribution in [2.24, 2.45) is 0 Å². The van der Waals surface area contributed by atoms with Crippen LogP contribution in [-0.4, -0.2) is 11.7 Å². The van der Waals surface area contributed by atoms with Crippen LogP contribution in [0.3, 0.4) is 0 Å². The fraction of sp³-hybridized carbons (Fsp3) is 0.250. The van der Waals surface area contributed by atoms with Crippen molar-refractivity contribution in [3.63, 3.8) is 0 Å². The first kappa shape index (κ1) is 14.1. The van der Waals surface area contributed by atoms with Gasteiger partial charge in [0, 0.05) is 23.2 Å². The monoisotopic (exact) mass is 275 g/mol. The van der Waals surface area contributed by atoms with Gasteiger partial charge in [0.05, 0.1) is 6.10 Å². The smallest absolute Gasteiger partial charge is 0.0928 e. The molecular weight excluding hydrogens is 258 g/mol. The molecule has 0 saturated carbocycles. The molecule has 19 heavy (non-hydrogen) atoms. The van der Waals surface area contributed by atoms with E-state index in [-0.39, 0.29) is 6.04 Å². The molecule has 0 aliphatic carbocycles. The Balaban J connectivity index is 1.94. The first-order valence-corrected chi connectivity index (χ1v) is 6.77. The third-order valence-electron chi connectivity index (χ3n) is 3.18. The second kappa shape index (κ2) is 6.71. The van der Waals surface area contributed by atoms with Crippen LogP contribution in [-0.2, 0) is 0 Å². The van der Waals surface area contributed by atoms with Crippen molar-refractivity contribution in [2.75, 3.05) is 6.54 Å². The van der Waals surface area contributed by atoms with E-state index >= 15 is 0 Å². The van der Waals surface area contributed by atoms with Crippen LogP contribution < -0.4 is 5.32 Å². The molecule has 2 nitrogen and oxygen atoms in total. The fourth-order valence-corrected chi connectivity index (χ4v) is 2.26. The molecule has 0 fully saturated rings. The number of benzene rings is 2. The van der Waals surface area contributed by atoms with Crippen LogP contribution in [0.5, 0.6) is 0 Å². The van der Waals surface area contributed by atoms with Gasteiger partial charge in [-0.25, -0.2) is 0 Å². The molecule has 0 aliphatic heterocycles. The Hall–Kier alpha value is -1.35. The highest BCUT2D eigenvalue weighted by Crippen LogP contribution is 2.22. The van der Waals surface area contributed by atoms with Gasteiger partial charge in [-0.3, -0.25) is 0 Å². The van der Waals surface area contributed by atoms with Gasteiger partial charge in [-0.05, 0) is 18.6 Å². The lowest BCUT2D eigenvalue weighted by molar-refractivity contribution is 0.171. The van der Waals surface area contributed by atoms with Gasteiger partial charge in [0.1, 0.15) is 0 Å². The minimum Gasteiger partial charge on any atom is -0.387 e. The van der Waals surface area contributed by atoms with E-state index in [4.69, 9.17) is 11.6 Å². The maximum atomic E-state index is 10.2. The van der Waals surface area contributed by atoms with E-state index in [1.165, 1.54) is 5.56 Å². The molecule has 0 bridgehead atoms. The van der Waals surface area contributed by atoms with E-state index < -0.39 is 6.10 Å². The first-order valence-electron chi connectivity index (χ1n) is 6.39. The Morgan fingerprint density at radius 3 is 2.37 bits per heavy atom. The number of halogens is 1. The number of hydrogen-bond donors (Lipinski definition) is 2. The number of rotatable bonds is 5. The molecule has 0 aromatic heterocycles. The van der Waals surface area contributed by atoms with Gasteiger partial charge in [-0.2, -0.15) is 0 Å². The van der Waals surface area contributed by atoms with Crippen LogP contribution in [0.2, 0.25) is 5.02 Å². The number of aliphatic hydroxyl groups is 1. The predicted octanol–water partition coefficient (Wildman–Crippen LogP) is 3.72. The maximum Gasteiger partial charge on any atom is 0.0928 e. The first-order chi connectivity index (χ1) is 9.18. The second-order valence-electron chi connectivity index (χ2n) is 4.58. The summed E-state index contributed by atoms with van der Waals surface area (Å²) in [6, 6.07) is 17.7. The van der Waals surface area contributed by atoms with Gasteiger partial charge in [-0.15, -0.1) is 0 Å². The van der Waals surface area contributed by atoms with Gasteiger partial charge in [-0.1, -0.05) is 60.1 Å². The Morgan fingerprint density at radius 1 is 1.05 bits per heavy atom. The average molecular weight is 276 g/mol. The Morgan fingerprint density at radius 2 is 1.68 bits per heavy atom. The van der Waals surface area contributed by atoms with Gasteiger partial charge in [0.15, 0.2) is 0 Å². The molecule has 1 unspecified atom stereocenters. The van der Waals surface area contributed by atoms with E-state index in [9.17, 15) is 5.11 Å². The summed E-state index contributed by atoms with van der Waals surface area (Å²) in [6.45, 7) is 2.55. The molecular formula is C16H18ClNO. The van der Waals surface area contributed by atoms with Crippen molar-refractivity contribution in [1.82, 2.24) is 5.32 Å². The molecule has 0 aliphatic rings. The summed E-state index contributed by atoms with van der Waals surface area (Å²) in [7, 11) is 0. The summed E-state index contributed by atoms with van der Waals surface area (Å²) in [6.07, 6.45) is -0.597. The number of hydrogen-bond acceptors (Lipinski definition) is 2. The summed E-state index contributed by atoms with van der Waals surface area (Å²) < 4.78 is 0. The lowest BCUT2D eigenvalue weighted by Crippen LogP contribution is -2.24. The summed E-state index contributed by atoms with van der Waals surface area (Å²) in [5.74, 6) is 0. The van der Waals surface area contributed by atoms with Crippen molar-refractivity contribution in [3.8, 4) is 0 Å². The maximum absolute atomic E-state index is 10.2.